The molecule has 13 heavy (non-hydrogen) atoms. The number of ketones is 1. The molecule has 0 aliphatic heterocycles. The Morgan fingerprint density at radius 2 is 1.31 bits per heavy atom. The third-order valence-corrected chi connectivity index (χ3v) is 3.43. The molecule has 0 aromatic carbocycles. The van der Waals surface area contributed by atoms with Crippen molar-refractivity contribution < 1.29 is 9.90 Å². The Morgan fingerprint density at radius 1 is 1.00 bits per heavy atom. The Kier molecular flexibility index (Phi) is 3.00. The standard InChI is InChI=1S/C11H22O2/c1-8(12)11(7,9(2,3)4)10(5,6)13/h13H,1-7H3. The number of hydrogen-bond donors (Lipinski definition) is 1. The molecule has 1 N–H and O–H groups in total. The lowest BCUT2D eigenvalue weighted by Crippen LogP contribution is -2.54. The molecule has 0 spiro atoms. The molecule has 2 heteroatoms. The molecule has 0 radical (unpaired) electrons. The van der Waals surface area contributed by atoms with Gasteiger partial charge < -0.3 is 5.11 Å². The van der Waals surface area contributed by atoms with Crippen molar-refractivity contribution in [2.45, 2.75) is 54.1 Å². The lowest BCUT2D eigenvalue weighted by atomic mass is 9.58. The van der Waals surface area contributed by atoms with Crippen molar-refractivity contribution in [2.75, 3.05) is 0 Å². The number of Topliss-reactive ketones (excluding diaryl/α,β-unsaturated/α-hetero) is 1. The third-order valence-electron chi connectivity index (χ3n) is 3.43. The molecule has 0 aliphatic rings. The molecule has 0 saturated heterocycles. The van der Waals surface area contributed by atoms with Crippen LogP contribution < -0.4 is 0 Å². The summed E-state index contributed by atoms with van der Waals surface area (Å²) in [4.78, 5) is 11.6. The molecule has 0 aromatic heterocycles. The number of hydrogen-bond acceptors (Lipinski definition) is 2. The molecule has 2 nitrogen and oxygen atoms in total. The summed E-state index contributed by atoms with van der Waals surface area (Å²) in [5.74, 6) is 0.0347. The first kappa shape index (κ1) is 12.6. The number of aliphatic hydroxyl groups is 1. The molecular weight excluding hydrogens is 164 g/mol. The van der Waals surface area contributed by atoms with Crippen LogP contribution in [0.1, 0.15) is 48.5 Å². The van der Waals surface area contributed by atoms with E-state index in [1.165, 1.54) is 0 Å². The van der Waals surface area contributed by atoms with Gasteiger partial charge in [0.15, 0.2) is 0 Å². The van der Waals surface area contributed by atoms with Gasteiger partial charge in [-0.1, -0.05) is 20.8 Å². The van der Waals surface area contributed by atoms with Crippen molar-refractivity contribution in [3.05, 3.63) is 0 Å². The van der Waals surface area contributed by atoms with Crippen molar-refractivity contribution >= 4 is 5.78 Å². The Labute approximate surface area is 81.3 Å². The van der Waals surface area contributed by atoms with E-state index in [9.17, 15) is 9.90 Å². The zero-order valence-corrected chi connectivity index (χ0v) is 9.86. The zero-order chi connectivity index (χ0) is 11.1. The van der Waals surface area contributed by atoms with Crippen LogP contribution in [0.15, 0.2) is 0 Å². The van der Waals surface area contributed by atoms with Crippen LogP contribution in [0.5, 0.6) is 0 Å². The largest absolute Gasteiger partial charge is 0.389 e. The second-order valence-corrected chi connectivity index (χ2v) is 5.49. The molecule has 0 fully saturated rings. The van der Waals surface area contributed by atoms with E-state index in [0.717, 1.165) is 0 Å². The second-order valence-electron chi connectivity index (χ2n) is 5.49. The van der Waals surface area contributed by atoms with Crippen LogP contribution in [0.25, 0.3) is 0 Å². The fourth-order valence-electron chi connectivity index (χ4n) is 1.88. The fourth-order valence-corrected chi connectivity index (χ4v) is 1.88. The highest BCUT2D eigenvalue weighted by atomic mass is 16.3. The van der Waals surface area contributed by atoms with Crippen LogP contribution >= 0.6 is 0 Å². The van der Waals surface area contributed by atoms with Gasteiger partial charge in [0.2, 0.25) is 0 Å². The minimum absolute atomic E-state index is 0.0347. The molecule has 0 aliphatic carbocycles. The lowest BCUT2D eigenvalue weighted by molar-refractivity contribution is -0.155. The Hall–Kier alpha value is -0.370. The summed E-state index contributed by atoms with van der Waals surface area (Å²) in [6, 6.07) is 0. The first-order valence-corrected chi connectivity index (χ1v) is 4.68. The molecule has 0 bridgehead atoms. The molecule has 0 saturated carbocycles. The van der Waals surface area contributed by atoms with Gasteiger partial charge in [-0.3, -0.25) is 4.79 Å². The van der Waals surface area contributed by atoms with Crippen LogP contribution in [-0.2, 0) is 4.79 Å². The number of carbonyl (C=O) groups excluding carboxylic acids is 1. The number of rotatable bonds is 2. The smallest absolute Gasteiger partial charge is 0.139 e. The van der Waals surface area contributed by atoms with Crippen LogP contribution in [0.4, 0.5) is 0 Å². The SMILES string of the molecule is CC(=O)C(C)(C(C)(C)C)C(C)(C)O. The summed E-state index contributed by atoms with van der Waals surface area (Å²) >= 11 is 0. The average molecular weight is 186 g/mol. The van der Waals surface area contributed by atoms with E-state index < -0.39 is 11.0 Å². The highest BCUT2D eigenvalue weighted by molar-refractivity contribution is 5.84. The van der Waals surface area contributed by atoms with Gasteiger partial charge in [-0.05, 0) is 33.1 Å². The van der Waals surface area contributed by atoms with Crippen molar-refractivity contribution in [1.82, 2.24) is 0 Å². The molecule has 78 valence electrons. The Morgan fingerprint density at radius 3 is 1.31 bits per heavy atom. The van der Waals surface area contributed by atoms with Gasteiger partial charge in [0.1, 0.15) is 5.78 Å². The van der Waals surface area contributed by atoms with Crippen molar-refractivity contribution in [1.29, 1.82) is 0 Å². The maximum Gasteiger partial charge on any atom is 0.139 e. The van der Waals surface area contributed by atoms with E-state index in [1.54, 1.807) is 20.8 Å². The summed E-state index contributed by atoms with van der Waals surface area (Å²) in [6.07, 6.45) is 0. The van der Waals surface area contributed by atoms with E-state index in [-0.39, 0.29) is 11.2 Å². The van der Waals surface area contributed by atoms with Gasteiger partial charge in [-0.15, -0.1) is 0 Å². The van der Waals surface area contributed by atoms with Crippen molar-refractivity contribution in [3.8, 4) is 0 Å². The van der Waals surface area contributed by atoms with Gasteiger partial charge in [-0.2, -0.15) is 0 Å². The van der Waals surface area contributed by atoms with Gasteiger partial charge >= 0.3 is 0 Å². The summed E-state index contributed by atoms with van der Waals surface area (Å²) in [6.45, 7) is 12.7. The van der Waals surface area contributed by atoms with E-state index >= 15 is 0 Å². The van der Waals surface area contributed by atoms with Crippen LogP contribution in [0, 0.1) is 10.8 Å². The van der Waals surface area contributed by atoms with Crippen molar-refractivity contribution in [3.63, 3.8) is 0 Å². The van der Waals surface area contributed by atoms with Crippen LogP contribution in [0.2, 0.25) is 0 Å². The average Bonchev–Trinajstić information content (AvgIpc) is 1.80. The summed E-state index contributed by atoms with van der Waals surface area (Å²) < 4.78 is 0. The summed E-state index contributed by atoms with van der Waals surface area (Å²) in [7, 11) is 0. The maximum atomic E-state index is 11.6. The quantitative estimate of drug-likeness (QED) is 0.719. The van der Waals surface area contributed by atoms with Gasteiger partial charge in [0.05, 0.1) is 11.0 Å². The van der Waals surface area contributed by atoms with Gasteiger partial charge in [0.25, 0.3) is 0 Å². The molecule has 0 amide bonds. The van der Waals surface area contributed by atoms with Crippen molar-refractivity contribution in [2.24, 2.45) is 10.8 Å². The Bertz CT molecular complexity index is 189. The second kappa shape index (κ2) is 3.09. The molecular formula is C11H22O2. The van der Waals surface area contributed by atoms with E-state index in [2.05, 4.69) is 0 Å². The van der Waals surface area contributed by atoms with E-state index in [0.29, 0.717) is 0 Å². The molecule has 0 heterocycles. The normalized spacial score (nSPS) is 18.2. The maximum absolute atomic E-state index is 11.6. The van der Waals surface area contributed by atoms with E-state index in [4.69, 9.17) is 0 Å². The lowest BCUT2D eigenvalue weighted by Gasteiger charge is -2.48. The van der Waals surface area contributed by atoms with Crippen LogP contribution in [0.3, 0.4) is 0 Å². The topological polar surface area (TPSA) is 37.3 Å². The minimum Gasteiger partial charge on any atom is -0.389 e. The summed E-state index contributed by atoms with van der Waals surface area (Å²) in [5, 5.41) is 10.0. The summed E-state index contributed by atoms with van der Waals surface area (Å²) in [5.41, 5.74) is -1.94. The van der Waals surface area contributed by atoms with Crippen LogP contribution in [-0.4, -0.2) is 16.5 Å². The highest BCUT2D eigenvalue weighted by Crippen LogP contribution is 2.47. The molecule has 0 rings (SSSR count). The fraction of sp³-hybridized carbons (Fsp3) is 0.909. The predicted molar refractivity (Wildman–Crippen MR) is 54.5 cm³/mol. The zero-order valence-electron chi connectivity index (χ0n) is 9.86. The van der Waals surface area contributed by atoms with Gasteiger partial charge in [0, 0.05) is 0 Å². The minimum atomic E-state index is -0.989. The molecule has 1 unspecified atom stereocenters. The van der Waals surface area contributed by atoms with E-state index in [1.807, 2.05) is 27.7 Å². The third kappa shape index (κ3) is 1.93. The Balaban J connectivity index is 5.35. The molecule has 1 atom stereocenters. The monoisotopic (exact) mass is 186 g/mol. The number of carbonyl (C=O) groups is 1. The first-order valence-electron chi connectivity index (χ1n) is 4.68. The first-order chi connectivity index (χ1) is 5.44. The predicted octanol–water partition coefficient (Wildman–Crippen LogP) is 2.40. The van der Waals surface area contributed by atoms with Gasteiger partial charge in [-0.25, -0.2) is 0 Å². The highest BCUT2D eigenvalue weighted by Gasteiger charge is 2.51. The molecule has 0 aromatic rings.